The lowest BCUT2D eigenvalue weighted by Gasteiger charge is -2.28. The number of rotatable bonds is 8. The van der Waals surface area contributed by atoms with Crippen LogP contribution in [0.3, 0.4) is 0 Å². The molecule has 0 aromatic heterocycles. The molecule has 1 atom stereocenters. The fraction of sp³-hybridized carbons (Fsp3) is 0.333. The number of hydrogen-bond donors (Lipinski definition) is 1. The summed E-state index contributed by atoms with van der Waals surface area (Å²) in [5.41, 5.74) is 1.85. The monoisotopic (exact) mass is 388 g/mol. The van der Waals surface area contributed by atoms with E-state index < -0.39 is 6.04 Å². The van der Waals surface area contributed by atoms with Gasteiger partial charge >= 0.3 is 0 Å². The predicted octanol–water partition coefficient (Wildman–Crippen LogP) is 3.44. The van der Waals surface area contributed by atoms with Gasteiger partial charge in [0.05, 0.1) is 7.11 Å². The van der Waals surface area contributed by atoms with Crippen molar-refractivity contribution in [2.45, 2.75) is 32.4 Å². The Morgan fingerprint density at radius 2 is 1.81 bits per heavy atom. The van der Waals surface area contributed by atoms with Crippen LogP contribution in [-0.4, -0.2) is 36.9 Å². The van der Waals surface area contributed by atoms with Crippen LogP contribution in [0.4, 0.5) is 0 Å². The largest absolute Gasteiger partial charge is 0.497 e. The van der Waals surface area contributed by atoms with Gasteiger partial charge in [0.2, 0.25) is 11.8 Å². The Bertz CT molecular complexity index is 777. The highest BCUT2D eigenvalue weighted by atomic mass is 35.5. The molecule has 2 amide bonds. The van der Waals surface area contributed by atoms with Crippen LogP contribution in [0.5, 0.6) is 5.75 Å². The second-order valence-corrected chi connectivity index (χ2v) is 6.66. The number of carbonyl (C=O) groups is 2. The zero-order valence-corrected chi connectivity index (χ0v) is 16.6. The average Bonchev–Trinajstić information content (AvgIpc) is 2.70. The zero-order valence-electron chi connectivity index (χ0n) is 15.9. The van der Waals surface area contributed by atoms with Gasteiger partial charge < -0.3 is 15.0 Å². The summed E-state index contributed by atoms with van der Waals surface area (Å²) in [6, 6.07) is 14.4. The molecular weight excluding hydrogens is 364 g/mol. The molecule has 6 heteroatoms. The lowest BCUT2D eigenvalue weighted by Crippen LogP contribution is -2.46. The molecule has 0 fully saturated rings. The Morgan fingerprint density at radius 1 is 1.15 bits per heavy atom. The molecule has 1 N–H and O–H groups in total. The van der Waals surface area contributed by atoms with Gasteiger partial charge in [-0.3, -0.25) is 9.59 Å². The molecule has 2 aromatic rings. The van der Waals surface area contributed by atoms with Gasteiger partial charge in [-0.2, -0.15) is 0 Å². The van der Waals surface area contributed by atoms with E-state index in [2.05, 4.69) is 5.32 Å². The van der Waals surface area contributed by atoms with Crippen molar-refractivity contribution in [3.05, 3.63) is 64.7 Å². The van der Waals surface area contributed by atoms with Crippen LogP contribution in [0.15, 0.2) is 48.5 Å². The number of halogens is 1. The third-order valence-corrected chi connectivity index (χ3v) is 4.86. The topological polar surface area (TPSA) is 58.6 Å². The van der Waals surface area contributed by atoms with Crippen LogP contribution >= 0.6 is 11.6 Å². The van der Waals surface area contributed by atoms with Crippen molar-refractivity contribution >= 4 is 23.4 Å². The molecule has 0 aliphatic carbocycles. The Morgan fingerprint density at radius 3 is 2.41 bits per heavy atom. The quantitative estimate of drug-likeness (QED) is 0.753. The fourth-order valence-electron chi connectivity index (χ4n) is 2.81. The molecule has 2 aromatic carbocycles. The predicted molar refractivity (Wildman–Crippen MR) is 107 cm³/mol. The molecule has 2 rings (SSSR count). The number of likely N-dealkylation sites (N-methyl/N-ethyl adjacent to an activating group) is 1. The molecule has 27 heavy (non-hydrogen) atoms. The second-order valence-electron chi connectivity index (χ2n) is 6.25. The van der Waals surface area contributed by atoms with Crippen molar-refractivity contribution in [1.82, 2.24) is 10.2 Å². The molecule has 0 saturated heterocycles. The molecule has 0 unspecified atom stereocenters. The van der Waals surface area contributed by atoms with Gasteiger partial charge in [0, 0.05) is 25.0 Å². The summed E-state index contributed by atoms with van der Waals surface area (Å²) in [5.74, 6) is 0.450. The van der Waals surface area contributed by atoms with E-state index in [1.54, 1.807) is 26.0 Å². The summed E-state index contributed by atoms with van der Waals surface area (Å²) in [6.07, 6.45) is 0.805. The van der Waals surface area contributed by atoms with Crippen molar-refractivity contribution in [3.63, 3.8) is 0 Å². The maximum Gasteiger partial charge on any atom is 0.242 e. The van der Waals surface area contributed by atoms with Crippen molar-refractivity contribution in [2.75, 3.05) is 14.2 Å². The smallest absolute Gasteiger partial charge is 0.242 e. The summed E-state index contributed by atoms with van der Waals surface area (Å²) >= 11 is 6.18. The molecule has 5 nitrogen and oxygen atoms in total. The van der Waals surface area contributed by atoms with Gasteiger partial charge in [-0.25, -0.2) is 0 Å². The summed E-state index contributed by atoms with van der Waals surface area (Å²) < 4.78 is 5.17. The summed E-state index contributed by atoms with van der Waals surface area (Å²) in [6.45, 7) is 2.08. The van der Waals surface area contributed by atoms with E-state index in [0.29, 0.717) is 18.0 Å². The summed E-state index contributed by atoms with van der Waals surface area (Å²) in [7, 11) is 3.17. The Hall–Kier alpha value is -2.53. The minimum Gasteiger partial charge on any atom is -0.497 e. The molecule has 0 aliphatic heterocycles. The number of ether oxygens (including phenoxy) is 1. The van der Waals surface area contributed by atoms with Crippen LogP contribution in [0.1, 0.15) is 24.5 Å². The van der Waals surface area contributed by atoms with Gasteiger partial charge in [-0.05, 0) is 42.7 Å². The third-order valence-electron chi connectivity index (χ3n) is 4.49. The van der Waals surface area contributed by atoms with E-state index >= 15 is 0 Å². The van der Waals surface area contributed by atoms with E-state index in [1.165, 1.54) is 0 Å². The van der Waals surface area contributed by atoms with E-state index in [-0.39, 0.29) is 18.2 Å². The molecule has 0 heterocycles. The number of hydrogen-bond acceptors (Lipinski definition) is 3. The first-order chi connectivity index (χ1) is 13.0. The molecule has 144 valence electrons. The molecular formula is C21H25ClN2O3. The third kappa shape index (κ3) is 5.73. The van der Waals surface area contributed by atoms with E-state index in [9.17, 15) is 9.59 Å². The Labute approximate surface area is 165 Å². The van der Waals surface area contributed by atoms with Crippen LogP contribution in [0.2, 0.25) is 5.02 Å². The number of nitrogens with zero attached hydrogens (tertiary/aromatic N) is 1. The van der Waals surface area contributed by atoms with Crippen molar-refractivity contribution in [2.24, 2.45) is 0 Å². The number of nitrogens with one attached hydrogen (secondary N) is 1. The van der Waals surface area contributed by atoms with Gasteiger partial charge in [0.25, 0.3) is 0 Å². The van der Waals surface area contributed by atoms with Gasteiger partial charge in [0.1, 0.15) is 11.8 Å². The fourth-order valence-corrected chi connectivity index (χ4v) is 3.04. The lowest BCUT2D eigenvalue weighted by molar-refractivity contribution is -0.140. The van der Waals surface area contributed by atoms with Crippen LogP contribution in [0, 0.1) is 0 Å². The molecule has 0 radical (unpaired) electrons. The number of benzene rings is 2. The molecule has 0 aliphatic rings. The normalized spacial score (nSPS) is 11.6. The SMILES string of the molecule is CNC(=O)[C@H](C)N(Cc1ccc(OC)cc1)C(=O)CCc1ccccc1Cl. The summed E-state index contributed by atoms with van der Waals surface area (Å²) in [5, 5.41) is 3.26. The average molecular weight is 389 g/mol. The zero-order chi connectivity index (χ0) is 19.8. The van der Waals surface area contributed by atoms with Gasteiger partial charge in [-0.15, -0.1) is 0 Å². The maximum absolute atomic E-state index is 12.9. The van der Waals surface area contributed by atoms with Crippen LogP contribution in [0.25, 0.3) is 0 Å². The number of methoxy groups -OCH3 is 1. The molecule has 0 spiro atoms. The molecule has 0 saturated carbocycles. The standard InChI is InChI=1S/C21H25ClN2O3/c1-15(21(26)23-2)24(14-16-8-11-18(27-3)12-9-16)20(25)13-10-17-6-4-5-7-19(17)22/h4-9,11-12,15H,10,13-14H2,1-3H3,(H,23,26)/t15-/m0/s1. The highest BCUT2D eigenvalue weighted by Gasteiger charge is 2.25. The number of carbonyl (C=O) groups excluding carboxylic acids is 2. The lowest BCUT2D eigenvalue weighted by atomic mass is 10.1. The van der Waals surface area contributed by atoms with E-state index in [0.717, 1.165) is 16.9 Å². The van der Waals surface area contributed by atoms with Gasteiger partial charge in [-0.1, -0.05) is 41.9 Å². The first-order valence-electron chi connectivity index (χ1n) is 8.83. The highest BCUT2D eigenvalue weighted by Crippen LogP contribution is 2.19. The first kappa shape index (κ1) is 20.8. The highest BCUT2D eigenvalue weighted by molar-refractivity contribution is 6.31. The summed E-state index contributed by atoms with van der Waals surface area (Å²) in [4.78, 5) is 26.6. The van der Waals surface area contributed by atoms with Crippen molar-refractivity contribution in [3.8, 4) is 5.75 Å². The number of amides is 2. The molecule has 0 bridgehead atoms. The minimum atomic E-state index is -0.573. The van der Waals surface area contributed by atoms with Gasteiger partial charge in [0.15, 0.2) is 0 Å². The van der Waals surface area contributed by atoms with Crippen molar-refractivity contribution < 1.29 is 14.3 Å². The van der Waals surface area contributed by atoms with E-state index in [1.807, 2.05) is 48.5 Å². The maximum atomic E-state index is 12.9. The first-order valence-corrected chi connectivity index (χ1v) is 9.21. The van der Waals surface area contributed by atoms with E-state index in [4.69, 9.17) is 16.3 Å². The Balaban J connectivity index is 2.13. The second kappa shape index (κ2) is 9.97. The van der Waals surface area contributed by atoms with Crippen molar-refractivity contribution in [1.29, 1.82) is 0 Å². The minimum absolute atomic E-state index is 0.0955. The number of aryl methyl sites for hydroxylation is 1. The van der Waals surface area contributed by atoms with Crippen LogP contribution in [-0.2, 0) is 22.6 Å². The Kier molecular flexibility index (Phi) is 7.67. The van der Waals surface area contributed by atoms with Crippen LogP contribution < -0.4 is 10.1 Å².